The summed E-state index contributed by atoms with van der Waals surface area (Å²) in [5, 5.41) is 14.7. The summed E-state index contributed by atoms with van der Waals surface area (Å²) in [5.74, 6) is 0.382. The van der Waals surface area contributed by atoms with Crippen molar-refractivity contribution in [3.63, 3.8) is 0 Å². The highest BCUT2D eigenvalue weighted by molar-refractivity contribution is 6.37. The van der Waals surface area contributed by atoms with Crippen LogP contribution in [0.3, 0.4) is 0 Å². The predicted molar refractivity (Wildman–Crippen MR) is 158 cm³/mol. The average Bonchev–Trinajstić information content (AvgIpc) is 2.98. The van der Waals surface area contributed by atoms with Gasteiger partial charge in [0.2, 0.25) is 0 Å². The SMILES string of the molecule is COC(=O)C1CCN(Cc2ccc(-c3ccc4c(Nc5cc(OC)c(Cl)cc5Cl)c(C#N)cnc4c3)cc2)CC1. The largest absolute Gasteiger partial charge is 0.495 e. The predicted octanol–water partition coefficient (Wildman–Crippen LogP) is 7.22. The number of anilines is 2. The Bertz CT molecular complexity index is 1590. The summed E-state index contributed by atoms with van der Waals surface area (Å²) in [6, 6.07) is 20.0. The van der Waals surface area contributed by atoms with Gasteiger partial charge in [-0.3, -0.25) is 14.7 Å². The van der Waals surface area contributed by atoms with Crippen LogP contribution >= 0.6 is 23.2 Å². The van der Waals surface area contributed by atoms with Gasteiger partial charge in [-0.15, -0.1) is 0 Å². The lowest BCUT2D eigenvalue weighted by Crippen LogP contribution is -2.36. The number of esters is 1. The average molecular weight is 575 g/mol. The number of carbonyl (C=O) groups excluding carboxylic acids is 1. The van der Waals surface area contributed by atoms with E-state index in [2.05, 4.69) is 45.5 Å². The monoisotopic (exact) mass is 574 g/mol. The van der Waals surface area contributed by atoms with E-state index in [0.717, 1.165) is 54.5 Å². The third kappa shape index (κ3) is 5.85. The summed E-state index contributed by atoms with van der Waals surface area (Å²) in [6.07, 6.45) is 3.22. The number of nitrogens with zero attached hydrogens (tertiary/aromatic N) is 3. The number of likely N-dealkylation sites (tertiary alicyclic amines) is 1. The summed E-state index contributed by atoms with van der Waals surface area (Å²) >= 11 is 12.6. The molecule has 9 heteroatoms. The lowest BCUT2D eigenvalue weighted by Gasteiger charge is -2.30. The summed E-state index contributed by atoms with van der Waals surface area (Å²) in [7, 11) is 2.99. The normalized spacial score (nSPS) is 14.1. The van der Waals surface area contributed by atoms with Gasteiger partial charge in [0.25, 0.3) is 0 Å². The number of rotatable bonds is 7. The molecule has 2 heterocycles. The Hall–Kier alpha value is -3.83. The summed E-state index contributed by atoms with van der Waals surface area (Å²) < 4.78 is 10.2. The molecule has 3 aromatic carbocycles. The lowest BCUT2D eigenvalue weighted by molar-refractivity contribution is -0.147. The third-order valence-electron chi connectivity index (χ3n) is 7.31. The molecule has 1 aliphatic heterocycles. The first-order valence-electron chi connectivity index (χ1n) is 12.9. The van der Waals surface area contributed by atoms with Gasteiger partial charge in [-0.25, -0.2) is 0 Å². The third-order valence-corrected chi connectivity index (χ3v) is 7.91. The zero-order chi connectivity index (χ0) is 28.2. The number of fused-ring (bicyclic) bond motifs is 1. The Balaban J connectivity index is 1.36. The molecule has 1 N–H and O–H groups in total. The van der Waals surface area contributed by atoms with Gasteiger partial charge in [0.05, 0.1) is 52.6 Å². The summed E-state index contributed by atoms with van der Waals surface area (Å²) in [4.78, 5) is 18.7. The summed E-state index contributed by atoms with van der Waals surface area (Å²) in [6.45, 7) is 2.61. The van der Waals surface area contributed by atoms with Crippen LogP contribution < -0.4 is 10.1 Å². The van der Waals surface area contributed by atoms with Crippen molar-refractivity contribution in [3.8, 4) is 22.9 Å². The van der Waals surface area contributed by atoms with Crippen molar-refractivity contribution in [2.45, 2.75) is 19.4 Å². The number of ether oxygens (including phenoxy) is 2. The Morgan fingerprint density at radius 2 is 1.77 bits per heavy atom. The highest BCUT2D eigenvalue weighted by Gasteiger charge is 2.25. The van der Waals surface area contributed by atoms with Crippen LogP contribution in [0.15, 0.2) is 60.8 Å². The van der Waals surface area contributed by atoms with Crippen molar-refractivity contribution in [2.24, 2.45) is 5.92 Å². The van der Waals surface area contributed by atoms with Crippen LogP contribution in [-0.4, -0.2) is 43.2 Å². The fourth-order valence-electron chi connectivity index (χ4n) is 5.06. The molecule has 204 valence electrons. The van der Waals surface area contributed by atoms with Crippen molar-refractivity contribution < 1.29 is 14.3 Å². The Morgan fingerprint density at radius 1 is 1.05 bits per heavy atom. The maximum absolute atomic E-state index is 11.8. The van der Waals surface area contributed by atoms with E-state index in [9.17, 15) is 10.1 Å². The standard InChI is InChI=1S/C31H28Cl2N4O3/c1-39-29-15-28(25(32)14-26(29)33)36-30-23(16-34)17-35-27-13-22(7-8-24(27)30)20-5-3-19(4-6-20)18-37-11-9-21(10-12-37)31(38)40-2/h3-8,13-15,17,21H,9-12,18H2,1-2H3,(H,35,36). The van der Waals surface area contributed by atoms with E-state index in [1.807, 2.05) is 18.2 Å². The van der Waals surface area contributed by atoms with Crippen LogP contribution in [0.25, 0.3) is 22.0 Å². The molecule has 7 nitrogen and oxygen atoms in total. The summed E-state index contributed by atoms with van der Waals surface area (Å²) in [5.41, 5.74) is 5.63. The molecule has 0 amide bonds. The molecule has 5 rings (SSSR count). The molecule has 1 fully saturated rings. The van der Waals surface area contributed by atoms with Crippen LogP contribution in [0.5, 0.6) is 5.75 Å². The molecule has 0 spiro atoms. The first kappa shape index (κ1) is 27.7. The van der Waals surface area contributed by atoms with E-state index in [-0.39, 0.29) is 11.9 Å². The van der Waals surface area contributed by atoms with Gasteiger partial charge >= 0.3 is 5.97 Å². The first-order chi connectivity index (χ1) is 19.4. The van der Waals surface area contributed by atoms with Gasteiger partial charge in [0.1, 0.15) is 11.8 Å². The highest BCUT2D eigenvalue weighted by Crippen LogP contribution is 2.38. The minimum absolute atomic E-state index is 0.0103. The second-order valence-electron chi connectivity index (χ2n) is 9.75. The number of aromatic nitrogens is 1. The Kier molecular flexibility index (Phi) is 8.41. The fourth-order valence-corrected chi connectivity index (χ4v) is 5.57. The maximum Gasteiger partial charge on any atom is 0.308 e. The highest BCUT2D eigenvalue weighted by atomic mass is 35.5. The second-order valence-corrected chi connectivity index (χ2v) is 10.6. The first-order valence-corrected chi connectivity index (χ1v) is 13.7. The van der Waals surface area contributed by atoms with E-state index in [1.165, 1.54) is 19.8 Å². The van der Waals surface area contributed by atoms with Gasteiger partial charge in [-0.2, -0.15) is 5.26 Å². The molecule has 0 atom stereocenters. The zero-order valence-electron chi connectivity index (χ0n) is 22.2. The van der Waals surface area contributed by atoms with Crippen LogP contribution in [0, 0.1) is 17.2 Å². The van der Waals surface area contributed by atoms with E-state index in [0.29, 0.717) is 32.7 Å². The van der Waals surface area contributed by atoms with Crippen LogP contribution in [0.1, 0.15) is 24.0 Å². The van der Waals surface area contributed by atoms with Crippen LogP contribution in [-0.2, 0) is 16.1 Å². The van der Waals surface area contributed by atoms with Crippen molar-refractivity contribution in [3.05, 3.63) is 82.0 Å². The van der Waals surface area contributed by atoms with E-state index in [1.54, 1.807) is 18.3 Å². The molecule has 1 aromatic heterocycles. The number of hydrogen-bond donors (Lipinski definition) is 1. The zero-order valence-corrected chi connectivity index (χ0v) is 23.7. The minimum atomic E-state index is -0.102. The van der Waals surface area contributed by atoms with Gasteiger partial charge in [0.15, 0.2) is 0 Å². The number of nitriles is 1. The molecular formula is C31H28Cl2N4O3. The topological polar surface area (TPSA) is 87.5 Å². The van der Waals surface area contributed by atoms with Gasteiger partial charge in [-0.1, -0.05) is 59.6 Å². The number of carbonyl (C=O) groups is 1. The van der Waals surface area contributed by atoms with Crippen molar-refractivity contribution >= 4 is 51.4 Å². The molecule has 1 aliphatic rings. The molecule has 4 aromatic rings. The van der Waals surface area contributed by atoms with E-state index < -0.39 is 0 Å². The molecule has 0 bridgehead atoms. The fraction of sp³-hybridized carbons (Fsp3) is 0.258. The number of piperidine rings is 1. The van der Waals surface area contributed by atoms with Gasteiger partial charge in [0, 0.05) is 24.2 Å². The lowest BCUT2D eigenvalue weighted by atomic mass is 9.96. The molecular weight excluding hydrogens is 547 g/mol. The van der Waals surface area contributed by atoms with Crippen molar-refractivity contribution in [1.82, 2.24) is 9.88 Å². The smallest absolute Gasteiger partial charge is 0.308 e. The van der Waals surface area contributed by atoms with E-state index in [4.69, 9.17) is 32.7 Å². The second kappa shape index (κ2) is 12.1. The van der Waals surface area contributed by atoms with E-state index >= 15 is 0 Å². The molecule has 0 aliphatic carbocycles. The Labute approximate surface area is 243 Å². The molecule has 40 heavy (non-hydrogen) atoms. The van der Waals surface area contributed by atoms with Crippen LogP contribution in [0.4, 0.5) is 11.4 Å². The van der Waals surface area contributed by atoms with Crippen molar-refractivity contribution in [1.29, 1.82) is 5.26 Å². The van der Waals surface area contributed by atoms with Crippen LogP contribution in [0.2, 0.25) is 10.0 Å². The molecule has 1 saturated heterocycles. The maximum atomic E-state index is 11.8. The quantitative estimate of drug-likeness (QED) is 0.233. The Morgan fingerprint density at radius 3 is 2.45 bits per heavy atom. The number of methoxy groups -OCH3 is 2. The number of nitrogens with one attached hydrogen (secondary N) is 1. The number of pyridine rings is 1. The minimum Gasteiger partial charge on any atom is -0.495 e. The molecule has 0 saturated carbocycles. The number of benzene rings is 3. The van der Waals surface area contributed by atoms with Gasteiger partial charge in [-0.05, 0) is 54.8 Å². The molecule has 0 radical (unpaired) electrons. The number of halogens is 2. The van der Waals surface area contributed by atoms with Gasteiger partial charge < -0.3 is 14.8 Å². The van der Waals surface area contributed by atoms with Crippen molar-refractivity contribution in [2.75, 3.05) is 32.6 Å². The molecule has 0 unspecified atom stereocenters. The number of hydrogen-bond acceptors (Lipinski definition) is 7.